The summed E-state index contributed by atoms with van der Waals surface area (Å²) in [6.45, 7) is 5.01. The van der Waals surface area contributed by atoms with Gasteiger partial charge in [0.25, 0.3) is 11.5 Å². The fourth-order valence-electron chi connectivity index (χ4n) is 6.08. The van der Waals surface area contributed by atoms with Crippen molar-refractivity contribution in [3.8, 4) is 6.07 Å². The van der Waals surface area contributed by atoms with E-state index in [2.05, 4.69) is 35.5 Å². The van der Waals surface area contributed by atoms with E-state index in [9.17, 15) is 14.9 Å². The normalized spacial score (nSPS) is 25.5. The van der Waals surface area contributed by atoms with E-state index in [0.29, 0.717) is 17.7 Å². The Bertz CT molecular complexity index is 1350. The van der Waals surface area contributed by atoms with E-state index in [1.165, 1.54) is 6.42 Å². The van der Waals surface area contributed by atoms with E-state index in [4.69, 9.17) is 4.99 Å². The number of aliphatic imine (C=N–C) groups is 1. The molecule has 0 aromatic carbocycles. The maximum Gasteiger partial charge on any atom is 0.267 e. The highest BCUT2D eigenvalue weighted by atomic mass is 32.2. The van der Waals surface area contributed by atoms with Crippen LogP contribution in [0.4, 0.5) is 0 Å². The van der Waals surface area contributed by atoms with Gasteiger partial charge in [-0.1, -0.05) is 31.9 Å². The van der Waals surface area contributed by atoms with Crippen LogP contribution in [-0.4, -0.2) is 58.1 Å². The third kappa shape index (κ3) is 5.32. The molecule has 2 aromatic rings. The second kappa shape index (κ2) is 11.5. The number of hydrogen-bond donors (Lipinski definition) is 1. The third-order valence-electron chi connectivity index (χ3n) is 8.46. The fraction of sp³-hybridized carbons (Fsp3) is 0.533. The minimum atomic E-state index is -0.540. The van der Waals surface area contributed by atoms with E-state index < -0.39 is 5.41 Å². The molecule has 38 heavy (non-hydrogen) atoms. The molecule has 200 valence electrons. The highest BCUT2D eigenvalue weighted by Crippen LogP contribution is 2.35. The number of rotatable bonds is 6. The van der Waals surface area contributed by atoms with E-state index in [1.54, 1.807) is 28.4 Å². The SMILES string of the molecule is CS[C@H]1CCCC[C@@H]1NC(=O)c1cc(CN2CCC(C#N)(C3=NCC(C)C=C3)CC2)c2ccccn2c1=O. The van der Waals surface area contributed by atoms with Crippen molar-refractivity contribution in [3.05, 3.63) is 64.1 Å². The molecule has 4 heterocycles. The molecule has 7 nitrogen and oxygen atoms in total. The number of amides is 1. The van der Waals surface area contributed by atoms with Gasteiger partial charge in [-0.05, 0) is 67.7 Å². The lowest BCUT2D eigenvalue weighted by atomic mass is 9.74. The molecular formula is C30H37N5O2S. The Kier molecular flexibility index (Phi) is 8.06. The van der Waals surface area contributed by atoms with Crippen molar-refractivity contribution in [3.63, 3.8) is 0 Å². The topological polar surface area (TPSA) is 90.0 Å². The number of nitrogens with one attached hydrogen (secondary N) is 1. The lowest BCUT2D eigenvalue weighted by molar-refractivity contribution is 0.0927. The van der Waals surface area contributed by atoms with Crippen molar-refractivity contribution in [1.29, 1.82) is 5.26 Å². The number of fused-ring (bicyclic) bond motifs is 1. The molecule has 0 bridgehead atoms. The van der Waals surface area contributed by atoms with Crippen LogP contribution in [0.3, 0.4) is 0 Å². The molecular weight excluding hydrogens is 494 g/mol. The number of carbonyl (C=O) groups excluding carboxylic acids is 1. The summed E-state index contributed by atoms with van der Waals surface area (Å²) in [6.07, 6.45) is 13.8. The summed E-state index contributed by atoms with van der Waals surface area (Å²) in [5.41, 5.74) is 2.07. The smallest absolute Gasteiger partial charge is 0.267 e. The molecule has 1 saturated carbocycles. The van der Waals surface area contributed by atoms with Crippen LogP contribution in [0.15, 0.2) is 52.4 Å². The standard InChI is InChI=1S/C30H37N5O2S/c1-21-10-11-27(32-18-21)30(20-31)12-15-34(16-13-30)19-22-17-23(29(37)35-14-6-5-8-25(22)35)28(36)33-24-7-3-4-9-26(24)38-2/h5-6,8,10-11,14,17,21,24,26H,3-4,7,9,12-13,15-16,18-19H2,1-2H3,(H,33,36)/t21?,24-,26-/m0/s1. The second-order valence-electron chi connectivity index (χ2n) is 11.0. The van der Waals surface area contributed by atoms with Crippen molar-refractivity contribution in [2.24, 2.45) is 16.3 Å². The average molecular weight is 532 g/mol. The molecule has 1 amide bonds. The Hall–Kier alpha value is -2.89. The first kappa shape index (κ1) is 26.7. The number of dihydropyridines is 1. The second-order valence-corrected chi connectivity index (χ2v) is 12.1. The van der Waals surface area contributed by atoms with Crippen LogP contribution in [-0.2, 0) is 6.54 Å². The number of nitrogens with zero attached hydrogens (tertiary/aromatic N) is 4. The van der Waals surface area contributed by atoms with Crippen LogP contribution >= 0.6 is 11.8 Å². The van der Waals surface area contributed by atoms with Crippen molar-refractivity contribution in [2.45, 2.75) is 63.3 Å². The van der Waals surface area contributed by atoms with Gasteiger partial charge in [0.05, 0.1) is 17.3 Å². The number of piperidine rings is 1. The van der Waals surface area contributed by atoms with Gasteiger partial charge in [0.1, 0.15) is 11.0 Å². The number of allylic oxidation sites excluding steroid dienone is 1. The highest BCUT2D eigenvalue weighted by molar-refractivity contribution is 7.99. The molecule has 2 aliphatic heterocycles. The molecule has 1 N–H and O–H groups in total. The van der Waals surface area contributed by atoms with E-state index in [0.717, 1.165) is 68.5 Å². The summed E-state index contributed by atoms with van der Waals surface area (Å²) in [5.74, 6) is 0.138. The van der Waals surface area contributed by atoms with Crippen molar-refractivity contribution < 1.29 is 4.79 Å². The number of nitriles is 1. The molecule has 2 aromatic heterocycles. The van der Waals surface area contributed by atoms with E-state index >= 15 is 0 Å². The van der Waals surface area contributed by atoms with Crippen molar-refractivity contribution in [2.75, 3.05) is 25.9 Å². The first-order valence-corrected chi connectivity index (χ1v) is 15.1. The van der Waals surface area contributed by atoms with Gasteiger partial charge in [0.15, 0.2) is 0 Å². The molecule has 0 radical (unpaired) electrons. The quantitative estimate of drug-likeness (QED) is 0.595. The number of hydrogen-bond acceptors (Lipinski definition) is 6. The van der Waals surface area contributed by atoms with Gasteiger partial charge >= 0.3 is 0 Å². The lowest BCUT2D eigenvalue weighted by Gasteiger charge is -2.38. The number of pyridine rings is 2. The van der Waals surface area contributed by atoms with Crippen LogP contribution in [0.5, 0.6) is 0 Å². The molecule has 5 rings (SSSR count). The highest BCUT2D eigenvalue weighted by Gasteiger charge is 2.39. The predicted molar refractivity (Wildman–Crippen MR) is 154 cm³/mol. The van der Waals surface area contributed by atoms with Crippen LogP contribution in [0, 0.1) is 22.7 Å². The minimum absolute atomic E-state index is 0.0894. The Morgan fingerprint density at radius 3 is 2.76 bits per heavy atom. The van der Waals surface area contributed by atoms with Crippen LogP contribution in [0.25, 0.3) is 5.52 Å². The molecule has 3 atom stereocenters. The Labute approximate surface area is 229 Å². The zero-order valence-corrected chi connectivity index (χ0v) is 23.2. The van der Waals surface area contributed by atoms with Crippen molar-refractivity contribution >= 4 is 28.9 Å². The summed E-state index contributed by atoms with van der Waals surface area (Å²) < 4.78 is 1.60. The molecule has 3 aliphatic rings. The third-order valence-corrected chi connectivity index (χ3v) is 9.63. The monoisotopic (exact) mass is 531 g/mol. The van der Waals surface area contributed by atoms with Gasteiger partial charge < -0.3 is 5.32 Å². The number of carbonyl (C=O) groups is 1. The van der Waals surface area contributed by atoms with Gasteiger partial charge in [-0.15, -0.1) is 0 Å². The number of likely N-dealkylation sites (tertiary alicyclic amines) is 1. The van der Waals surface area contributed by atoms with Crippen LogP contribution < -0.4 is 10.9 Å². The van der Waals surface area contributed by atoms with E-state index in [-0.39, 0.29) is 23.1 Å². The number of aromatic nitrogens is 1. The first-order chi connectivity index (χ1) is 18.4. The molecule has 1 saturated heterocycles. The maximum atomic E-state index is 13.4. The lowest BCUT2D eigenvalue weighted by Crippen LogP contribution is -2.45. The zero-order chi connectivity index (χ0) is 26.7. The van der Waals surface area contributed by atoms with Gasteiger partial charge in [-0.3, -0.25) is 23.9 Å². The van der Waals surface area contributed by atoms with Gasteiger partial charge in [-0.25, -0.2) is 0 Å². The summed E-state index contributed by atoms with van der Waals surface area (Å²) in [5, 5.41) is 13.7. The molecule has 8 heteroatoms. The van der Waals surface area contributed by atoms with Crippen LogP contribution in [0.1, 0.15) is 61.4 Å². The Morgan fingerprint density at radius 2 is 2.05 bits per heavy atom. The number of thioether (sulfide) groups is 1. The van der Waals surface area contributed by atoms with Crippen LogP contribution in [0.2, 0.25) is 0 Å². The average Bonchev–Trinajstić information content (AvgIpc) is 2.95. The van der Waals surface area contributed by atoms with E-state index in [1.807, 2.05) is 24.3 Å². The predicted octanol–water partition coefficient (Wildman–Crippen LogP) is 4.46. The Morgan fingerprint density at radius 1 is 1.26 bits per heavy atom. The summed E-state index contributed by atoms with van der Waals surface area (Å²) in [6, 6.07) is 10.2. The summed E-state index contributed by atoms with van der Waals surface area (Å²) in [7, 11) is 0. The molecule has 1 unspecified atom stereocenters. The van der Waals surface area contributed by atoms with Gasteiger partial charge in [0.2, 0.25) is 0 Å². The minimum Gasteiger partial charge on any atom is -0.348 e. The largest absolute Gasteiger partial charge is 0.348 e. The zero-order valence-electron chi connectivity index (χ0n) is 22.4. The fourth-order valence-corrected chi connectivity index (χ4v) is 7.02. The molecule has 1 aliphatic carbocycles. The summed E-state index contributed by atoms with van der Waals surface area (Å²) in [4.78, 5) is 33.8. The van der Waals surface area contributed by atoms with Crippen molar-refractivity contribution in [1.82, 2.24) is 14.6 Å². The molecule has 0 spiro atoms. The Balaban J connectivity index is 1.37. The van der Waals surface area contributed by atoms with Gasteiger partial charge in [0, 0.05) is 43.7 Å². The maximum absolute atomic E-state index is 13.4. The summed E-state index contributed by atoms with van der Waals surface area (Å²) >= 11 is 1.80. The first-order valence-electron chi connectivity index (χ1n) is 13.8. The van der Waals surface area contributed by atoms with Gasteiger partial charge in [-0.2, -0.15) is 17.0 Å². The molecule has 2 fully saturated rings.